The van der Waals surface area contributed by atoms with E-state index in [0.717, 1.165) is 18.9 Å². The van der Waals surface area contributed by atoms with E-state index in [1.807, 2.05) is 0 Å². The summed E-state index contributed by atoms with van der Waals surface area (Å²) in [6, 6.07) is 3.79. The van der Waals surface area contributed by atoms with E-state index in [1.165, 1.54) is 57.8 Å². The second kappa shape index (κ2) is 7.75. The van der Waals surface area contributed by atoms with Crippen LogP contribution in [0.25, 0.3) is 0 Å². The lowest BCUT2D eigenvalue weighted by Crippen LogP contribution is -2.28. The maximum absolute atomic E-state index is 12.5. The van der Waals surface area contributed by atoms with Crippen LogP contribution in [0.2, 0.25) is 0 Å². The topological polar surface area (TPSA) is 46.5 Å². The molecule has 0 unspecified atom stereocenters. The molecule has 2 aliphatic rings. The van der Waals surface area contributed by atoms with Gasteiger partial charge in [0.25, 0.3) is 0 Å². The summed E-state index contributed by atoms with van der Waals surface area (Å²) in [7, 11) is 1.29. The first-order valence-corrected chi connectivity index (χ1v) is 8.18. The molecule has 0 amide bonds. The molecule has 2 aliphatic carbocycles. The van der Waals surface area contributed by atoms with Gasteiger partial charge >= 0.3 is 5.97 Å². The second-order valence-electron chi connectivity index (χ2n) is 6.58. The Morgan fingerprint density at radius 2 is 1.78 bits per heavy atom. The molecule has 1 aromatic carbocycles. The monoisotopic (exact) mass is 326 g/mol. The van der Waals surface area contributed by atoms with Crippen molar-refractivity contribution in [2.24, 2.45) is 11.3 Å². The lowest BCUT2D eigenvalue weighted by molar-refractivity contribution is -0.143. The van der Waals surface area contributed by atoms with E-state index < -0.39 is 17.6 Å². The minimum Gasteiger partial charge on any atom is -0.494 e. The highest BCUT2D eigenvalue weighted by Crippen LogP contribution is 2.50. The van der Waals surface area contributed by atoms with E-state index in [4.69, 9.17) is 5.11 Å². The maximum atomic E-state index is 12.5. The smallest absolute Gasteiger partial charge is 0.306 e. The van der Waals surface area contributed by atoms with E-state index in [9.17, 15) is 13.6 Å². The van der Waals surface area contributed by atoms with E-state index in [2.05, 4.69) is 4.74 Å². The summed E-state index contributed by atoms with van der Waals surface area (Å²) in [4.78, 5) is 10.8. The van der Waals surface area contributed by atoms with Crippen LogP contribution in [0.5, 0.6) is 5.75 Å². The highest BCUT2D eigenvalue weighted by atomic mass is 19.2. The molecule has 2 fully saturated rings. The molecular formula is C18H24F2O3. The summed E-state index contributed by atoms with van der Waals surface area (Å²) in [6.45, 7) is 0. The normalized spacial score (nSPS) is 20.0. The Hall–Kier alpha value is -1.65. The van der Waals surface area contributed by atoms with Crippen LogP contribution >= 0.6 is 0 Å². The maximum Gasteiger partial charge on any atom is 0.306 e. The molecule has 3 rings (SSSR count). The molecule has 1 aromatic rings. The van der Waals surface area contributed by atoms with Gasteiger partial charge in [-0.15, -0.1) is 0 Å². The predicted molar refractivity (Wildman–Crippen MR) is 83.4 cm³/mol. The molecule has 0 atom stereocenters. The number of hydrogen-bond acceptors (Lipinski definition) is 2. The Labute approximate surface area is 135 Å². The fourth-order valence-electron chi connectivity index (χ4n) is 3.74. The van der Waals surface area contributed by atoms with Crippen LogP contribution in [0.4, 0.5) is 8.78 Å². The van der Waals surface area contributed by atoms with Gasteiger partial charge in [-0.05, 0) is 56.1 Å². The van der Waals surface area contributed by atoms with Crippen molar-refractivity contribution < 1.29 is 23.4 Å². The summed E-state index contributed by atoms with van der Waals surface area (Å²) in [5.41, 5.74) is 0.575. The second-order valence-corrected chi connectivity index (χ2v) is 6.58. The SMILES string of the molecule is COc1cccc(F)c1F.O=C(O)C1CCC2(CCCC2)CC1. The Morgan fingerprint density at radius 3 is 2.26 bits per heavy atom. The summed E-state index contributed by atoms with van der Waals surface area (Å²) in [5, 5.41) is 8.87. The van der Waals surface area contributed by atoms with Crippen LogP contribution < -0.4 is 4.74 Å². The van der Waals surface area contributed by atoms with Gasteiger partial charge in [-0.25, -0.2) is 4.39 Å². The largest absolute Gasteiger partial charge is 0.494 e. The number of benzene rings is 1. The van der Waals surface area contributed by atoms with Crippen molar-refractivity contribution in [1.82, 2.24) is 0 Å². The number of methoxy groups -OCH3 is 1. The van der Waals surface area contributed by atoms with Crippen molar-refractivity contribution in [3.05, 3.63) is 29.8 Å². The Morgan fingerprint density at radius 1 is 1.17 bits per heavy atom. The van der Waals surface area contributed by atoms with Gasteiger partial charge < -0.3 is 9.84 Å². The van der Waals surface area contributed by atoms with Gasteiger partial charge in [0.05, 0.1) is 13.0 Å². The molecule has 3 nitrogen and oxygen atoms in total. The molecular weight excluding hydrogens is 302 g/mol. The van der Waals surface area contributed by atoms with Crippen LogP contribution in [0.1, 0.15) is 51.4 Å². The fraction of sp³-hybridized carbons (Fsp3) is 0.611. The molecule has 5 heteroatoms. The highest BCUT2D eigenvalue weighted by molar-refractivity contribution is 5.70. The van der Waals surface area contributed by atoms with Gasteiger partial charge in [-0.3, -0.25) is 4.79 Å². The van der Waals surface area contributed by atoms with Crippen molar-refractivity contribution in [3.8, 4) is 5.75 Å². The third-order valence-corrected chi connectivity index (χ3v) is 5.20. The molecule has 0 saturated heterocycles. The Kier molecular flexibility index (Phi) is 5.97. The first kappa shape index (κ1) is 17.7. The first-order valence-electron chi connectivity index (χ1n) is 8.18. The number of carboxylic acids is 1. The van der Waals surface area contributed by atoms with Crippen LogP contribution in [-0.4, -0.2) is 18.2 Å². The van der Waals surface area contributed by atoms with Crippen LogP contribution in [-0.2, 0) is 4.79 Å². The summed E-state index contributed by atoms with van der Waals surface area (Å²) < 4.78 is 29.3. The van der Waals surface area contributed by atoms with Crippen molar-refractivity contribution in [1.29, 1.82) is 0 Å². The number of hydrogen-bond donors (Lipinski definition) is 1. The summed E-state index contributed by atoms with van der Waals surface area (Å²) in [6.07, 6.45) is 9.66. The molecule has 1 spiro atoms. The molecule has 1 N–H and O–H groups in total. The van der Waals surface area contributed by atoms with Crippen LogP contribution in [0.15, 0.2) is 18.2 Å². The zero-order chi connectivity index (χ0) is 16.9. The number of aliphatic carboxylic acids is 1. The van der Waals surface area contributed by atoms with E-state index in [-0.39, 0.29) is 11.7 Å². The minimum atomic E-state index is -0.940. The molecule has 0 heterocycles. The predicted octanol–water partition coefficient (Wildman–Crippen LogP) is 4.80. The van der Waals surface area contributed by atoms with Crippen molar-refractivity contribution in [2.75, 3.05) is 7.11 Å². The van der Waals surface area contributed by atoms with E-state index in [1.54, 1.807) is 0 Å². The minimum absolute atomic E-state index is 0.0359. The number of carbonyl (C=O) groups is 1. The third kappa shape index (κ3) is 4.43. The Balaban J connectivity index is 0.000000174. The van der Waals surface area contributed by atoms with Crippen LogP contribution in [0, 0.1) is 23.0 Å². The van der Waals surface area contributed by atoms with Crippen molar-refractivity contribution in [2.45, 2.75) is 51.4 Å². The van der Waals surface area contributed by atoms with Gasteiger partial charge in [0.1, 0.15) is 0 Å². The molecule has 0 aliphatic heterocycles. The molecule has 128 valence electrons. The Bertz CT molecular complexity index is 529. The van der Waals surface area contributed by atoms with Crippen molar-refractivity contribution >= 4 is 5.97 Å². The van der Waals surface area contributed by atoms with E-state index in [0.29, 0.717) is 5.41 Å². The average molecular weight is 326 g/mol. The summed E-state index contributed by atoms with van der Waals surface area (Å²) >= 11 is 0. The highest BCUT2D eigenvalue weighted by Gasteiger charge is 2.39. The quantitative estimate of drug-likeness (QED) is 0.849. The lowest BCUT2D eigenvalue weighted by Gasteiger charge is -2.35. The number of ether oxygens (including phenoxy) is 1. The van der Waals surface area contributed by atoms with Gasteiger partial charge in [0.2, 0.25) is 5.82 Å². The molecule has 23 heavy (non-hydrogen) atoms. The fourth-order valence-corrected chi connectivity index (χ4v) is 3.74. The molecule has 0 radical (unpaired) electrons. The number of carboxylic acid groups (broad SMARTS) is 1. The zero-order valence-corrected chi connectivity index (χ0v) is 13.5. The van der Waals surface area contributed by atoms with Gasteiger partial charge in [-0.1, -0.05) is 18.9 Å². The standard InChI is InChI=1S/C11H18O2.C7H6F2O/c12-10(13)9-3-7-11(8-4-9)5-1-2-6-11;1-10-6-4-2-3-5(8)7(6)9/h9H,1-8H2,(H,12,13);2-4H,1H3. The van der Waals surface area contributed by atoms with Gasteiger partial charge in [0, 0.05) is 0 Å². The summed E-state index contributed by atoms with van der Waals surface area (Å²) in [5.74, 6) is -2.51. The molecule has 0 bridgehead atoms. The lowest BCUT2D eigenvalue weighted by atomic mass is 9.69. The number of rotatable bonds is 2. The number of halogens is 2. The third-order valence-electron chi connectivity index (χ3n) is 5.20. The van der Waals surface area contributed by atoms with E-state index >= 15 is 0 Å². The van der Waals surface area contributed by atoms with Gasteiger partial charge in [0.15, 0.2) is 11.6 Å². The first-order chi connectivity index (χ1) is 11.0. The molecule has 0 aromatic heterocycles. The van der Waals surface area contributed by atoms with Crippen LogP contribution in [0.3, 0.4) is 0 Å². The van der Waals surface area contributed by atoms with Crippen molar-refractivity contribution in [3.63, 3.8) is 0 Å². The average Bonchev–Trinajstić information content (AvgIpc) is 2.99. The van der Waals surface area contributed by atoms with Gasteiger partial charge in [-0.2, -0.15) is 4.39 Å². The zero-order valence-electron chi connectivity index (χ0n) is 13.5. The molecule has 2 saturated carbocycles.